The van der Waals surface area contributed by atoms with E-state index in [0.29, 0.717) is 21.6 Å². The highest BCUT2D eigenvalue weighted by atomic mass is 35.5. The average molecular weight is 435 g/mol. The van der Waals surface area contributed by atoms with E-state index in [0.717, 1.165) is 29.8 Å². The first-order chi connectivity index (χ1) is 15.0. The van der Waals surface area contributed by atoms with Gasteiger partial charge in [0.2, 0.25) is 0 Å². The summed E-state index contributed by atoms with van der Waals surface area (Å²) in [5.74, 6) is -0.0889. The molecule has 0 bridgehead atoms. The minimum absolute atomic E-state index is 0.0889. The summed E-state index contributed by atoms with van der Waals surface area (Å²) in [6.07, 6.45) is 5.38. The second-order valence-corrected chi connectivity index (χ2v) is 8.49. The summed E-state index contributed by atoms with van der Waals surface area (Å²) >= 11 is 6.57. The predicted octanol–water partition coefficient (Wildman–Crippen LogP) is 5.24. The van der Waals surface area contributed by atoms with Crippen molar-refractivity contribution in [3.8, 4) is 28.1 Å². The quantitative estimate of drug-likeness (QED) is 0.411. The Morgan fingerprint density at radius 3 is 2.52 bits per heavy atom. The normalized spacial score (nSPS) is 14.3. The van der Waals surface area contributed by atoms with Crippen LogP contribution >= 0.6 is 11.6 Å². The largest absolute Gasteiger partial charge is 0.506 e. The predicted molar refractivity (Wildman–Crippen MR) is 125 cm³/mol. The maximum Gasteiger partial charge on any atom is 0.261 e. The van der Waals surface area contributed by atoms with Gasteiger partial charge in [0.1, 0.15) is 11.3 Å². The Hall–Kier alpha value is -3.25. The maximum absolute atomic E-state index is 12.6. The van der Waals surface area contributed by atoms with Crippen LogP contribution in [-0.4, -0.2) is 33.4 Å². The van der Waals surface area contributed by atoms with Gasteiger partial charge < -0.3 is 15.0 Å². The van der Waals surface area contributed by atoms with Crippen molar-refractivity contribution in [3.05, 3.63) is 63.5 Å². The molecule has 31 heavy (non-hydrogen) atoms. The number of rotatable bonds is 3. The van der Waals surface area contributed by atoms with Gasteiger partial charge in [-0.25, -0.2) is 0 Å². The third-order valence-electron chi connectivity index (χ3n) is 6.05. The van der Waals surface area contributed by atoms with Gasteiger partial charge in [-0.3, -0.25) is 9.89 Å². The zero-order chi connectivity index (χ0) is 21.5. The van der Waals surface area contributed by atoms with Gasteiger partial charge in [-0.05, 0) is 61.6 Å². The minimum atomic E-state index is -0.396. The Labute approximate surface area is 184 Å². The van der Waals surface area contributed by atoms with Gasteiger partial charge in [0.25, 0.3) is 5.56 Å². The molecule has 0 aliphatic carbocycles. The van der Waals surface area contributed by atoms with Crippen LogP contribution in [0.2, 0.25) is 5.02 Å². The topological polar surface area (TPSA) is 85.0 Å². The number of piperidine rings is 1. The Bertz CT molecular complexity index is 1320. The van der Waals surface area contributed by atoms with E-state index < -0.39 is 5.56 Å². The first-order valence-electron chi connectivity index (χ1n) is 10.5. The van der Waals surface area contributed by atoms with Gasteiger partial charge in [-0.2, -0.15) is 5.10 Å². The first-order valence-corrected chi connectivity index (χ1v) is 10.8. The Balaban J connectivity index is 1.60. The molecule has 5 rings (SSSR count). The van der Waals surface area contributed by atoms with Gasteiger partial charge in [-0.15, -0.1) is 0 Å². The number of anilines is 1. The van der Waals surface area contributed by atoms with Crippen LogP contribution in [0, 0.1) is 6.92 Å². The van der Waals surface area contributed by atoms with Crippen LogP contribution in [0.15, 0.2) is 47.4 Å². The molecule has 0 saturated carbocycles. The summed E-state index contributed by atoms with van der Waals surface area (Å²) in [4.78, 5) is 17.9. The van der Waals surface area contributed by atoms with E-state index in [4.69, 9.17) is 11.6 Å². The molecule has 2 aromatic carbocycles. The van der Waals surface area contributed by atoms with E-state index in [2.05, 4.69) is 44.3 Å². The number of hydrogen-bond donors (Lipinski definition) is 3. The molecule has 6 nitrogen and oxygen atoms in total. The molecule has 0 atom stereocenters. The molecule has 2 aromatic heterocycles. The number of fused-ring (bicyclic) bond motifs is 1. The fourth-order valence-corrected chi connectivity index (χ4v) is 4.63. The number of aromatic nitrogens is 3. The monoisotopic (exact) mass is 434 g/mol. The summed E-state index contributed by atoms with van der Waals surface area (Å²) in [5, 5.41) is 18.8. The van der Waals surface area contributed by atoms with Gasteiger partial charge >= 0.3 is 0 Å². The second-order valence-electron chi connectivity index (χ2n) is 8.08. The van der Waals surface area contributed by atoms with E-state index in [1.165, 1.54) is 24.9 Å². The van der Waals surface area contributed by atoms with Crippen LogP contribution < -0.4 is 10.5 Å². The molecule has 0 spiro atoms. The van der Waals surface area contributed by atoms with Gasteiger partial charge in [0.05, 0.1) is 22.4 Å². The smallest absolute Gasteiger partial charge is 0.261 e. The Morgan fingerprint density at radius 1 is 1.10 bits per heavy atom. The SMILES string of the molecule is Cc1cn[nH]c1-c1c(O)c2cc(-c3ccc(N4CCCCC4)cc3)c(Cl)cc2[nH]c1=O. The number of H-pyrrole nitrogens is 2. The van der Waals surface area contributed by atoms with E-state index in [-0.39, 0.29) is 11.3 Å². The number of pyridine rings is 1. The van der Waals surface area contributed by atoms with Crippen LogP contribution in [0.25, 0.3) is 33.3 Å². The molecule has 1 aliphatic heterocycles. The van der Waals surface area contributed by atoms with Crippen molar-refractivity contribution < 1.29 is 5.11 Å². The maximum atomic E-state index is 12.6. The average Bonchev–Trinajstić information content (AvgIpc) is 3.19. The second kappa shape index (κ2) is 7.78. The number of halogens is 1. The molecule has 3 heterocycles. The fourth-order valence-electron chi connectivity index (χ4n) is 4.36. The molecular weight excluding hydrogens is 412 g/mol. The van der Waals surface area contributed by atoms with Crippen LogP contribution in [0.3, 0.4) is 0 Å². The number of nitrogens with one attached hydrogen (secondary N) is 2. The zero-order valence-corrected chi connectivity index (χ0v) is 18.0. The van der Waals surface area contributed by atoms with Crippen LogP contribution in [-0.2, 0) is 0 Å². The number of aryl methyl sites for hydroxylation is 1. The number of aromatic hydroxyl groups is 1. The lowest BCUT2D eigenvalue weighted by Gasteiger charge is -2.28. The van der Waals surface area contributed by atoms with E-state index in [1.807, 2.05) is 13.0 Å². The van der Waals surface area contributed by atoms with E-state index >= 15 is 0 Å². The van der Waals surface area contributed by atoms with E-state index in [1.54, 1.807) is 12.3 Å². The standard InChI is InChI=1S/C24H23ClN4O2/c1-14-13-26-28-22(14)21-23(30)18-11-17(19(25)12-20(18)27-24(21)31)15-5-7-16(8-6-15)29-9-3-2-4-10-29/h5-8,11-13H,2-4,9-10H2,1H3,(H,26,28)(H2,27,30,31). The summed E-state index contributed by atoms with van der Waals surface area (Å²) in [6.45, 7) is 4.01. The van der Waals surface area contributed by atoms with Crippen molar-refractivity contribution in [1.82, 2.24) is 15.2 Å². The molecule has 1 saturated heterocycles. The number of benzene rings is 2. The lowest BCUT2D eigenvalue weighted by atomic mass is 10.00. The highest BCUT2D eigenvalue weighted by Gasteiger charge is 2.19. The third kappa shape index (κ3) is 3.47. The van der Waals surface area contributed by atoms with Crippen LogP contribution in [0.1, 0.15) is 24.8 Å². The van der Waals surface area contributed by atoms with Crippen molar-refractivity contribution >= 4 is 28.2 Å². The van der Waals surface area contributed by atoms with Crippen molar-refractivity contribution in [3.63, 3.8) is 0 Å². The van der Waals surface area contributed by atoms with Crippen molar-refractivity contribution in [2.75, 3.05) is 18.0 Å². The van der Waals surface area contributed by atoms with Gasteiger partial charge in [0.15, 0.2) is 0 Å². The van der Waals surface area contributed by atoms with Crippen molar-refractivity contribution in [1.29, 1.82) is 0 Å². The lowest BCUT2D eigenvalue weighted by molar-refractivity contribution is 0.482. The fraction of sp³-hybridized carbons (Fsp3) is 0.250. The molecule has 7 heteroatoms. The van der Waals surface area contributed by atoms with Crippen molar-refractivity contribution in [2.45, 2.75) is 26.2 Å². The first kappa shape index (κ1) is 19.7. The summed E-state index contributed by atoms with van der Waals surface area (Å²) in [5.41, 5.74) is 4.52. The number of aromatic amines is 2. The van der Waals surface area contributed by atoms with Crippen LogP contribution in [0.5, 0.6) is 5.75 Å². The highest BCUT2D eigenvalue weighted by molar-refractivity contribution is 6.34. The summed E-state index contributed by atoms with van der Waals surface area (Å²) < 4.78 is 0. The minimum Gasteiger partial charge on any atom is -0.506 e. The molecule has 1 aliphatic rings. The van der Waals surface area contributed by atoms with Crippen molar-refractivity contribution in [2.24, 2.45) is 0 Å². The number of hydrogen-bond acceptors (Lipinski definition) is 4. The Kier molecular flexibility index (Phi) is 4.94. The van der Waals surface area contributed by atoms with Gasteiger partial charge in [-0.1, -0.05) is 23.7 Å². The molecular formula is C24H23ClN4O2. The van der Waals surface area contributed by atoms with Crippen LogP contribution in [0.4, 0.5) is 5.69 Å². The highest BCUT2D eigenvalue weighted by Crippen LogP contribution is 2.38. The van der Waals surface area contributed by atoms with E-state index in [9.17, 15) is 9.90 Å². The molecule has 1 fully saturated rings. The molecule has 0 unspecified atom stereocenters. The Morgan fingerprint density at radius 2 is 1.84 bits per heavy atom. The molecule has 0 radical (unpaired) electrons. The summed E-state index contributed by atoms with van der Waals surface area (Å²) in [7, 11) is 0. The molecule has 4 aromatic rings. The molecule has 3 N–H and O–H groups in total. The summed E-state index contributed by atoms with van der Waals surface area (Å²) in [6, 6.07) is 11.9. The molecule has 158 valence electrons. The molecule has 0 amide bonds. The third-order valence-corrected chi connectivity index (χ3v) is 6.37. The zero-order valence-electron chi connectivity index (χ0n) is 17.2. The van der Waals surface area contributed by atoms with Gasteiger partial charge in [0, 0.05) is 29.7 Å². The number of nitrogens with zero attached hydrogens (tertiary/aromatic N) is 2. The lowest BCUT2D eigenvalue weighted by Crippen LogP contribution is -2.29.